The fourth-order valence-corrected chi connectivity index (χ4v) is 2.68. The summed E-state index contributed by atoms with van der Waals surface area (Å²) < 4.78 is 24.8. The molecule has 10 nitrogen and oxygen atoms in total. The number of esters is 1. The Kier molecular flexibility index (Phi) is 6.50. The van der Waals surface area contributed by atoms with Crippen molar-refractivity contribution in [3.63, 3.8) is 0 Å². The van der Waals surface area contributed by atoms with E-state index in [1.165, 1.54) is 6.92 Å². The minimum Gasteiger partial charge on any atom is -0.461 e. The molecule has 0 saturated carbocycles. The number of halogens is 1. The van der Waals surface area contributed by atoms with Crippen molar-refractivity contribution in [2.24, 2.45) is 5.92 Å². The van der Waals surface area contributed by atoms with Crippen LogP contribution < -0.4 is 16.6 Å². The Morgan fingerprint density at radius 3 is 2.74 bits per heavy atom. The first-order chi connectivity index (χ1) is 12.6. The molecule has 150 valence electrons. The van der Waals surface area contributed by atoms with Crippen LogP contribution >= 0.6 is 0 Å². The lowest BCUT2D eigenvalue weighted by molar-refractivity contribution is -0.155. The number of carbonyl (C=O) groups excluding carboxylic acids is 2. The average molecular weight is 387 g/mol. The van der Waals surface area contributed by atoms with Gasteiger partial charge in [-0.1, -0.05) is 13.8 Å². The van der Waals surface area contributed by atoms with Gasteiger partial charge in [-0.3, -0.25) is 19.1 Å². The van der Waals surface area contributed by atoms with Crippen LogP contribution in [0.25, 0.3) is 0 Å². The summed E-state index contributed by atoms with van der Waals surface area (Å²) in [5.41, 5.74) is -2.04. The molecule has 0 aliphatic carbocycles. The average Bonchev–Trinajstić information content (AvgIpc) is 2.94. The number of ether oxygens (including phenoxy) is 2. The van der Waals surface area contributed by atoms with Crippen LogP contribution in [0, 0.1) is 11.7 Å². The molecule has 1 aromatic rings. The van der Waals surface area contributed by atoms with Crippen LogP contribution in [0.5, 0.6) is 0 Å². The summed E-state index contributed by atoms with van der Waals surface area (Å²) in [4.78, 5) is 48.0. The molecule has 11 heteroatoms. The highest BCUT2D eigenvalue weighted by Crippen LogP contribution is 2.27. The van der Waals surface area contributed by atoms with Gasteiger partial charge < -0.3 is 19.9 Å². The van der Waals surface area contributed by atoms with Crippen LogP contribution in [0.15, 0.2) is 15.8 Å². The normalized spacial score (nSPS) is 23.3. The molecule has 0 unspecified atom stereocenters. The topological polar surface area (TPSA) is 140 Å². The molecule has 27 heavy (non-hydrogen) atoms. The summed E-state index contributed by atoms with van der Waals surface area (Å²) in [6.45, 7) is 4.42. The van der Waals surface area contributed by atoms with Crippen molar-refractivity contribution in [1.29, 1.82) is 0 Å². The predicted molar refractivity (Wildman–Crippen MR) is 89.2 cm³/mol. The van der Waals surface area contributed by atoms with E-state index in [4.69, 9.17) is 9.47 Å². The molecule has 1 aliphatic heterocycles. The molecular weight excluding hydrogens is 365 g/mol. The van der Waals surface area contributed by atoms with Crippen molar-refractivity contribution in [1.82, 2.24) is 14.9 Å². The lowest BCUT2D eigenvalue weighted by atomic mass is 10.0. The Bertz CT molecular complexity index is 819. The second kappa shape index (κ2) is 8.44. The molecular formula is C16H22FN3O7. The van der Waals surface area contributed by atoms with E-state index < -0.39 is 47.5 Å². The molecule has 2 heterocycles. The van der Waals surface area contributed by atoms with Gasteiger partial charge in [0.2, 0.25) is 11.7 Å². The number of aromatic amines is 1. The van der Waals surface area contributed by atoms with Crippen LogP contribution in [0.2, 0.25) is 0 Å². The molecule has 1 fully saturated rings. The van der Waals surface area contributed by atoms with E-state index in [1.54, 1.807) is 18.8 Å². The standard InChI is InChI=1S/C16H22FN3O7/c1-7(2)13(18-8(3)21)15(24)26-6-11-10(22)4-12(27-11)20-5-9(17)14(23)19-16(20)25/h5,7,10-13,22H,4,6H2,1-3H3,(H,18,21)(H,19,23,25)/t10-,11+,12+,13+/m0/s1. The summed E-state index contributed by atoms with van der Waals surface area (Å²) in [6.07, 6.45) is -2.43. The monoisotopic (exact) mass is 387 g/mol. The van der Waals surface area contributed by atoms with E-state index in [0.29, 0.717) is 6.20 Å². The molecule has 0 bridgehead atoms. The molecule has 2 rings (SSSR count). The third-order valence-corrected chi connectivity index (χ3v) is 4.11. The maximum absolute atomic E-state index is 13.4. The van der Waals surface area contributed by atoms with Crippen LogP contribution in [-0.2, 0) is 19.1 Å². The highest BCUT2D eigenvalue weighted by Gasteiger charge is 2.37. The second-order valence-electron chi connectivity index (χ2n) is 6.63. The molecule has 0 aromatic carbocycles. The van der Waals surface area contributed by atoms with Crippen LogP contribution in [0.4, 0.5) is 4.39 Å². The largest absolute Gasteiger partial charge is 0.461 e. The number of H-pyrrole nitrogens is 1. The number of aliphatic hydroxyl groups excluding tert-OH is 1. The summed E-state index contributed by atoms with van der Waals surface area (Å²) in [5.74, 6) is -2.46. The van der Waals surface area contributed by atoms with Gasteiger partial charge in [-0.2, -0.15) is 4.39 Å². The number of amides is 1. The smallest absolute Gasteiger partial charge is 0.330 e. The third kappa shape index (κ3) is 5.01. The zero-order chi connectivity index (χ0) is 20.3. The van der Waals surface area contributed by atoms with Crippen molar-refractivity contribution in [2.75, 3.05) is 6.61 Å². The van der Waals surface area contributed by atoms with E-state index in [-0.39, 0.29) is 24.9 Å². The zero-order valence-electron chi connectivity index (χ0n) is 15.1. The Hall–Kier alpha value is -2.53. The molecule has 0 spiro atoms. The number of rotatable bonds is 6. The van der Waals surface area contributed by atoms with E-state index in [2.05, 4.69) is 5.32 Å². The fourth-order valence-electron chi connectivity index (χ4n) is 2.68. The Morgan fingerprint density at radius 1 is 1.48 bits per heavy atom. The van der Waals surface area contributed by atoms with Crippen LogP contribution in [-0.4, -0.2) is 51.4 Å². The number of aliphatic hydroxyl groups is 1. The molecule has 1 amide bonds. The van der Waals surface area contributed by atoms with Gasteiger partial charge in [0.15, 0.2) is 0 Å². The first-order valence-electron chi connectivity index (χ1n) is 8.38. The van der Waals surface area contributed by atoms with Gasteiger partial charge in [0.05, 0.1) is 12.3 Å². The number of carbonyl (C=O) groups is 2. The Balaban J connectivity index is 2.02. The number of hydrogen-bond donors (Lipinski definition) is 3. The molecule has 0 radical (unpaired) electrons. The number of hydrogen-bond acceptors (Lipinski definition) is 7. The van der Waals surface area contributed by atoms with Crippen LogP contribution in [0.1, 0.15) is 33.4 Å². The summed E-state index contributed by atoms with van der Waals surface area (Å²) in [6, 6.07) is -0.854. The van der Waals surface area contributed by atoms with E-state index in [0.717, 1.165) is 4.57 Å². The maximum Gasteiger partial charge on any atom is 0.330 e. The molecule has 4 atom stereocenters. The van der Waals surface area contributed by atoms with Gasteiger partial charge in [0.1, 0.15) is 25.0 Å². The highest BCUT2D eigenvalue weighted by atomic mass is 19.1. The summed E-state index contributed by atoms with van der Waals surface area (Å²) in [7, 11) is 0. The zero-order valence-corrected chi connectivity index (χ0v) is 15.1. The summed E-state index contributed by atoms with van der Waals surface area (Å²) in [5, 5.41) is 12.6. The van der Waals surface area contributed by atoms with Crippen molar-refractivity contribution in [3.8, 4) is 0 Å². The quantitative estimate of drug-likeness (QED) is 0.534. The molecule has 1 saturated heterocycles. The minimum absolute atomic E-state index is 0.0626. The lowest BCUT2D eigenvalue weighted by Gasteiger charge is -2.22. The van der Waals surface area contributed by atoms with Gasteiger partial charge in [-0.15, -0.1) is 0 Å². The van der Waals surface area contributed by atoms with E-state index in [1.807, 2.05) is 0 Å². The summed E-state index contributed by atoms with van der Waals surface area (Å²) >= 11 is 0. The minimum atomic E-state index is -1.17. The SMILES string of the molecule is CC(=O)N[C@@H](C(=O)OC[C@H]1O[C@@H](n2cc(F)c(=O)[nH]c2=O)C[C@@H]1O)C(C)C. The lowest BCUT2D eigenvalue weighted by Crippen LogP contribution is -2.45. The van der Waals surface area contributed by atoms with Gasteiger partial charge in [-0.05, 0) is 5.92 Å². The number of nitrogens with zero attached hydrogens (tertiary/aromatic N) is 1. The Morgan fingerprint density at radius 2 is 2.15 bits per heavy atom. The van der Waals surface area contributed by atoms with Gasteiger partial charge >= 0.3 is 11.7 Å². The molecule has 1 aliphatic rings. The predicted octanol–water partition coefficient (Wildman–Crippen LogP) is -0.972. The van der Waals surface area contributed by atoms with Crippen LogP contribution in [0.3, 0.4) is 0 Å². The second-order valence-corrected chi connectivity index (χ2v) is 6.63. The Labute approximate surface area is 153 Å². The maximum atomic E-state index is 13.4. The fraction of sp³-hybridized carbons (Fsp3) is 0.625. The first-order valence-corrected chi connectivity index (χ1v) is 8.38. The van der Waals surface area contributed by atoms with E-state index in [9.17, 15) is 28.7 Å². The van der Waals surface area contributed by atoms with Crippen molar-refractivity contribution in [2.45, 2.75) is 51.7 Å². The molecule has 3 N–H and O–H groups in total. The number of nitrogens with one attached hydrogen (secondary N) is 2. The molecule has 1 aromatic heterocycles. The first kappa shape index (κ1) is 20.8. The highest BCUT2D eigenvalue weighted by molar-refractivity contribution is 5.83. The van der Waals surface area contributed by atoms with Crippen molar-refractivity contribution in [3.05, 3.63) is 32.9 Å². The van der Waals surface area contributed by atoms with Crippen molar-refractivity contribution >= 4 is 11.9 Å². The third-order valence-electron chi connectivity index (χ3n) is 4.11. The van der Waals surface area contributed by atoms with Gasteiger partial charge in [-0.25, -0.2) is 9.59 Å². The van der Waals surface area contributed by atoms with E-state index >= 15 is 0 Å². The van der Waals surface area contributed by atoms with Gasteiger partial charge in [0.25, 0.3) is 5.56 Å². The number of aromatic nitrogens is 2. The van der Waals surface area contributed by atoms with Crippen molar-refractivity contribution < 1.29 is 28.6 Å². The van der Waals surface area contributed by atoms with Gasteiger partial charge in [0, 0.05) is 13.3 Å².